The fraction of sp³-hybridized carbons (Fsp3) is 0.321. The third-order valence-electron chi connectivity index (χ3n) is 6.28. The lowest BCUT2D eigenvalue weighted by Crippen LogP contribution is -2.36. The van der Waals surface area contributed by atoms with E-state index in [9.17, 15) is 4.79 Å². The molecule has 1 N–H and O–H groups in total. The van der Waals surface area contributed by atoms with Crippen molar-refractivity contribution in [2.75, 3.05) is 25.5 Å². The van der Waals surface area contributed by atoms with Crippen LogP contribution in [-0.4, -0.2) is 37.1 Å². The van der Waals surface area contributed by atoms with E-state index in [4.69, 9.17) is 16.3 Å². The minimum absolute atomic E-state index is 0.0272. The number of carbonyl (C=O) groups excluding carboxylic acids is 1. The van der Waals surface area contributed by atoms with Gasteiger partial charge >= 0.3 is 0 Å². The zero-order valence-electron chi connectivity index (χ0n) is 19.1. The van der Waals surface area contributed by atoms with Gasteiger partial charge in [-0.15, -0.1) is 0 Å². The Balaban J connectivity index is 1.22. The standard InChI is InChI=1S/C28H31ClN2O2/c1-33-27-16-18-31(19-17-27)20-22-4-2-21(3-5-22)6-15-28(32)30-26-13-9-24(10-14-26)23-7-11-25(29)12-8-23/h2-5,7-14,27H,6,15-20H2,1H3,(H,30,32). The summed E-state index contributed by atoms with van der Waals surface area (Å²) in [6.07, 6.45) is 3.81. The average Bonchev–Trinajstić information content (AvgIpc) is 2.85. The average molecular weight is 463 g/mol. The molecule has 0 aliphatic carbocycles. The summed E-state index contributed by atoms with van der Waals surface area (Å²) in [5, 5.41) is 3.72. The van der Waals surface area contributed by atoms with Crippen LogP contribution < -0.4 is 5.32 Å². The molecule has 0 radical (unpaired) electrons. The van der Waals surface area contributed by atoms with E-state index in [1.165, 1.54) is 11.1 Å². The number of rotatable bonds is 8. The van der Waals surface area contributed by atoms with E-state index in [-0.39, 0.29) is 5.91 Å². The third-order valence-corrected chi connectivity index (χ3v) is 6.54. The number of nitrogens with zero attached hydrogens (tertiary/aromatic N) is 1. The summed E-state index contributed by atoms with van der Waals surface area (Å²) < 4.78 is 5.45. The van der Waals surface area contributed by atoms with Gasteiger partial charge in [0.1, 0.15) is 0 Å². The lowest BCUT2D eigenvalue weighted by molar-refractivity contribution is -0.116. The Morgan fingerprint density at radius 3 is 2.09 bits per heavy atom. The van der Waals surface area contributed by atoms with E-state index in [1.807, 2.05) is 48.5 Å². The van der Waals surface area contributed by atoms with Crippen LogP contribution in [0, 0.1) is 0 Å². The summed E-state index contributed by atoms with van der Waals surface area (Å²) in [6, 6.07) is 24.3. The van der Waals surface area contributed by atoms with E-state index in [2.05, 4.69) is 34.5 Å². The van der Waals surface area contributed by atoms with E-state index in [1.54, 1.807) is 7.11 Å². The number of nitrogens with one attached hydrogen (secondary N) is 1. The molecular weight excluding hydrogens is 432 g/mol. The normalized spacial score (nSPS) is 14.8. The van der Waals surface area contributed by atoms with Crippen LogP contribution in [0.4, 0.5) is 5.69 Å². The van der Waals surface area contributed by atoms with Gasteiger partial charge in [0.05, 0.1) is 6.10 Å². The Labute approximate surface area is 201 Å². The summed E-state index contributed by atoms with van der Waals surface area (Å²) in [5.41, 5.74) is 5.50. The van der Waals surface area contributed by atoms with Gasteiger partial charge in [-0.2, -0.15) is 0 Å². The zero-order valence-corrected chi connectivity index (χ0v) is 19.9. The second-order valence-corrected chi connectivity index (χ2v) is 9.10. The summed E-state index contributed by atoms with van der Waals surface area (Å²) in [4.78, 5) is 14.9. The number of piperidine rings is 1. The third kappa shape index (κ3) is 6.91. The molecule has 0 atom stereocenters. The number of halogens is 1. The monoisotopic (exact) mass is 462 g/mol. The highest BCUT2D eigenvalue weighted by Gasteiger charge is 2.18. The predicted octanol–water partition coefficient (Wildman–Crippen LogP) is 6.19. The Hall–Kier alpha value is -2.66. The molecule has 1 heterocycles. The molecule has 1 aliphatic heterocycles. The van der Waals surface area contributed by atoms with Crippen molar-refractivity contribution < 1.29 is 9.53 Å². The van der Waals surface area contributed by atoms with Gasteiger partial charge in [-0.3, -0.25) is 9.69 Å². The summed E-state index contributed by atoms with van der Waals surface area (Å²) in [5.74, 6) is 0.0272. The number of benzene rings is 3. The first kappa shape index (κ1) is 23.5. The number of methoxy groups -OCH3 is 1. The van der Waals surface area contributed by atoms with Crippen molar-refractivity contribution in [2.45, 2.75) is 38.3 Å². The van der Waals surface area contributed by atoms with E-state index in [0.29, 0.717) is 12.5 Å². The number of anilines is 1. The van der Waals surface area contributed by atoms with Crippen LogP contribution in [0.2, 0.25) is 5.02 Å². The summed E-state index contributed by atoms with van der Waals surface area (Å²) >= 11 is 5.96. The van der Waals surface area contributed by atoms with Crippen LogP contribution in [0.15, 0.2) is 72.8 Å². The molecule has 33 heavy (non-hydrogen) atoms. The van der Waals surface area contributed by atoms with Crippen molar-refractivity contribution in [3.05, 3.63) is 88.9 Å². The minimum Gasteiger partial charge on any atom is -0.381 e. The molecule has 3 aromatic rings. The molecule has 0 saturated carbocycles. The second kappa shape index (κ2) is 11.5. The van der Waals surface area contributed by atoms with Crippen LogP contribution in [0.3, 0.4) is 0 Å². The van der Waals surface area contributed by atoms with Crippen LogP contribution in [0.25, 0.3) is 11.1 Å². The number of hydrogen-bond donors (Lipinski definition) is 1. The first-order valence-electron chi connectivity index (χ1n) is 11.6. The highest BCUT2D eigenvalue weighted by atomic mass is 35.5. The quantitative estimate of drug-likeness (QED) is 0.434. The van der Waals surface area contributed by atoms with E-state index >= 15 is 0 Å². The van der Waals surface area contributed by atoms with Gasteiger partial charge in [0.25, 0.3) is 0 Å². The van der Waals surface area contributed by atoms with Crippen LogP contribution in [0.1, 0.15) is 30.4 Å². The van der Waals surface area contributed by atoms with Gasteiger partial charge in [0.15, 0.2) is 0 Å². The maximum Gasteiger partial charge on any atom is 0.224 e. The molecule has 172 valence electrons. The fourth-order valence-electron chi connectivity index (χ4n) is 4.24. The van der Waals surface area contributed by atoms with Gasteiger partial charge in [-0.25, -0.2) is 0 Å². The molecule has 1 amide bonds. The lowest BCUT2D eigenvalue weighted by atomic mass is 10.0. The lowest BCUT2D eigenvalue weighted by Gasteiger charge is -2.31. The second-order valence-electron chi connectivity index (χ2n) is 8.66. The maximum absolute atomic E-state index is 12.4. The first-order valence-corrected chi connectivity index (χ1v) is 12.0. The van der Waals surface area contributed by atoms with E-state index in [0.717, 1.165) is 60.7 Å². The number of carbonyl (C=O) groups is 1. The molecule has 1 fully saturated rings. The molecular formula is C28H31ClN2O2. The number of hydrogen-bond acceptors (Lipinski definition) is 3. The van der Waals surface area contributed by atoms with Gasteiger partial charge in [-0.1, -0.05) is 60.1 Å². The predicted molar refractivity (Wildman–Crippen MR) is 136 cm³/mol. The number of ether oxygens (including phenoxy) is 1. The molecule has 0 bridgehead atoms. The maximum atomic E-state index is 12.4. The molecule has 1 aliphatic rings. The fourth-order valence-corrected chi connectivity index (χ4v) is 4.37. The zero-order chi connectivity index (χ0) is 23.0. The Bertz CT molecular complexity index is 1030. The molecule has 0 aromatic heterocycles. The number of amides is 1. The summed E-state index contributed by atoms with van der Waals surface area (Å²) in [6.45, 7) is 3.14. The SMILES string of the molecule is COC1CCN(Cc2ccc(CCC(=O)Nc3ccc(-c4ccc(Cl)cc4)cc3)cc2)CC1. The van der Waals surface area contributed by atoms with Crippen molar-refractivity contribution in [3.8, 4) is 11.1 Å². The van der Waals surface area contributed by atoms with Gasteiger partial charge < -0.3 is 10.1 Å². The van der Waals surface area contributed by atoms with E-state index < -0.39 is 0 Å². The van der Waals surface area contributed by atoms with Gasteiger partial charge in [0, 0.05) is 43.9 Å². The highest BCUT2D eigenvalue weighted by Crippen LogP contribution is 2.23. The molecule has 1 saturated heterocycles. The number of aryl methyl sites for hydroxylation is 1. The topological polar surface area (TPSA) is 41.6 Å². The molecule has 5 heteroatoms. The Morgan fingerprint density at radius 2 is 1.48 bits per heavy atom. The Morgan fingerprint density at radius 1 is 0.909 bits per heavy atom. The molecule has 3 aromatic carbocycles. The Kier molecular flexibility index (Phi) is 8.16. The van der Waals surface area contributed by atoms with Crippen LogP contribution in [0.5, 0.6) is 0 Å². The largest absolute Gasteiger partial charge is 0.381 e. The molecule has 0 unspecified atom stereocenters. The van der Waals surface area contributed by atoms with Crippen LogP contribution >= 0.6 is 11.6 Å². The summed E-state index contributed by atoms with van der Waals surface area (Å²) in [7, 11) is 1.80. The van der Waals surface area contributed by atoms with Crippen molar-refractivity contribution in [1.29, 1.82) is 0 Å². The first-order chi connectivity index (χ1) is 16.1. The van der Waals surface area contributed by atoms with Gasteiger partial charge in [0.2, 0.25) is 5.91 Å². The van der Waals surface area contributed by atoms with Gasteiger partial charge in [-0.05, 0) is 65.8 Å². The number of likely N-dealkylation sites (tertiary alicyclic amines) is 1. The molecule has 4 nitrogen and oxygen atoms in total. The highest BCUT2D eigenvalue weighted by molar-refractivity contribution is 6.30. The molecule has 0 spiro atoms. The van der Waals surface area contributed by atoms with Crippen molar-refractivity contribution in [1.82, 2.24) is 4.90 Å². The van der Waals surface area contributed by atoms with Crippen molar-refractivity contribution in [2.24, 2.45) is 0 Å². The van der Waals surface area contributed by atoms with Crippen LogP contribution in [-0.2, 0) is 22.5 Å². The van der Waals surface area contributed by atoms with Crippen molar-refractivity contribution >= 4 is 23.2 Å². The minimum atomic E-state index is 0.0272. The smallest absolute Gasteiger partial charge is 0.224 e. The van der Waals surface area contributed by atoms with Crippen molar-refractivity contribution in [3.63, 3.8) is 0 Å². The molecule has 4 rings (SSSR count).